The van der Waals surface area contributed by atoms with Gasteiger partial charge in [0.25, 0.3) is 5.91 Å². The third kappa shape index (κ3) is 4.52. The van der Waals surface area contributed by atoms with Crippen molar-refractivity contribution < 1.29 is 19.1 Å². The van der Waals surface area contributed by atoms with Crippen molar-refractivity contribution in [1.82, 2.24) is 25.4 Å². The highest BCUT2D eigenvalue weighted by Crippen LogP contribution is 2.35. The molecule has 1 aromatic heterocycles. The predicted octanol–water partition coefficient (Wildman–Crippen LogP) is 2.23. The number of urea groups is 1. The van der Waals surface area contributed by atoms with E-state index in [9.17, 15) is 14.4 Å². The zero-order chi connectivity index (χ0) is 23.7. The van der Waals surface area contributed by atoms with Gasteiger partial charge in [-0.25, -0.2) is 9.78 Å². The summed E-state index contributed by atoms with van der Waals surface area (Å²) >= 11 is 1.64. The van der Waals surface area contributed by atoms with Gasteiger partial charge in [-0.15, -0.1) is 11.3 Å². The lowest BCUT2D eigenvalue weighted by molar-refractivity contribution is -0.140. The third-order valence-electron chi connectivity index (χ3n) is 7.16. The van der Waals surface area contributed by atoms with Crippen molar-refractivity contribution >= 4 is 29.2 Å². The maximum absolute atomic E-state index is 13.1. The Bertz CT molecular complexity index is 1070. The van der Waals surface area contributed by atoms with Crippen LogP contribution in [0.1, 0.15) is 31.4 Å². The minimum absolute atomic E-state index is 0.0759. The summed E-state index contributed by atoms with van der Waals surface area (Å²) in [6, 6.07) is 7.49. The standard InChI is InChI=1S/C24H29N5O4S/c1-33-19-4-2-16(3-5-19)20-25-18(15-34-20)14-28-10-12-29(13-11-28)21(30)17-6-8-24(9-7-17)22(31)26-23(32)27-24/h2-5,15,17H,6-14H2,1H3,(H2,26,27,31,32). The average Bonchev–Trinajstić information content (AvgIpc) is 3.43. The van der Waals surface area contributed by atoms with Gasteiger partial charge in [0, 0.05) is 49.6 Å². The first-order chi connectivity index (χ1) is 16.5. The highest BCUT2D eigenvalue weighted by molar-refractivity contribution is 7.13. The molecule has 2 N–H and O–H groups in total. The minimum atomic E-state index is -0.815. The first-order valence-electron chi connectivity index (χ1n) is 11.7. The van der Waals surface area contributed by atoms with Crippen LogP contribution in [0.2, 0.25) is 0 Å². The Labute approximate surface area is 202 Å². The van der Waals surface area contributed by atoms with Crippen LogP contribution in [0.3, 0.4) is 0 Å². The lowest BCUT2D eigenvalue weighted by Gasteiger charge is -2.39. The van der Waals surface area contributed by atoms with Crippen molar-refractivity contribution in [2.45, 2.75) is 37.8 Å². The second-order valence-corrected chi connectivity index (χ2v) is 10.1. The van der Waals surface area contributed by atoms with Crippen LogP contribution in [0.4, 0.5) is 4.79 Å². The molecule has 4 amide bonds. The Morgan fingerprint density at radius 3 is 2.47 bits per heavy atom. The molecule has 1 aliphatic carbocycles. The molecular formula is C24H29N5O4S. The van der Waals surface area contributed by atoms with E-state index in [1.54, 1.807) is 18.4 Å². The molecule has 10 heteroatoms. The Kier molecular flexibility index (Phi) is 6.26. The smallest absolute Gasteiger partial charge is 0.322 e. The molecule has 3 heterocycles. The zero-order valence-electron chi connectivity index (χ0n) is 19.2. The molecule has 34 heavy (non-hydrogen) atoms. The summed E-state index contributed by atoms with van der Waals surface area (Å²) < 4.78 is 5.22. The van der Waals surface area contributed by atoms with Gasteiger partial charge in [-0.1, -0.05) is 0 Å². The molecule has 1 spiro atoms. The summed E-state index contributed by atoms with van der Waals surface area (Å²) in [6.07, 6.45) is 2.28. The van der Waals surface area contributed by atoms with Gasteiger partial charge in [-0.3, -0.25) is 19.8 Å². The van der Waals surface area contributed by atoms with Crippen molar-refractivity contribution in [2.75, 3.05) is 33.3 Å². The number of ether oxygens (including phenoxy) is 1. The number of nitrogens with zero attached hydrogens (tertiary/aromatic N) is 3. The molecular weight excluding hydrogens is 454 g/mol. The van der Waals surface area contributed by atoms with E-state index in [0.717, 1.165) is 41.6 Å². The second-order valence-electron chi connectivity index (χ2n) is 9.24. The van der Waals surface area contributed by atoms with E-state index in [1.807, 2.05) is 29.2 Å². The Balaban J connectivity index is 1.10. The van der Waals surface area contributed by atoms with Gasteiger partial charge in [0.1, 0.15) is 16.3 Å². The van der Waals surface area contributed by atoms with Crippen molar-refractivity contribution in [2.24, 2.45) is 5.92 Å². The molecule has 2 aromatic rings. The molecule has 9 nitrogen and oxygen atoms in total. The van der Waals surface area contributed by atoms with Crippen LogP contribution in [0.25, 0.3) is 10.6 Å². The van der Waals surface area contributed by atoms with Crippen molar-refractivity contribution in [3.05, 3.63) is 35.3 Å². The highest BCUT2D eigenvalue weighted by Gasteiger charge is 2.49. The van der Waals surface area contributed by atoms with Gasteiger partial charge >= 0.3 is 6.03 Å². The number of methoxy groups -OCH3 is 1. The van der Waals surface area contributed by atoms with Crippen molar-refractivity contribution in [3.8, 4) is 16.3 Å². The molecule has 2 aliphatic heterocycles. The van der Waals surface area contributed by atoms with E-state index < -0.39 is 11.6 Å². The van der Waals surface area contributed by atoms with Crippen LogP contribution in [-0.4, -0.2) is 71.5 Å². The molecule has 3 aliphatic rings. The lowest BCUT2D eigenvalue weighted by atomic mass is 9.76. The van der Waals surface area contributed by atoms with E-state index in [-0.39, 0.29) is 17.7 Å². The van der Waals surface area contributed by atoms with Crippen LogP contribution in [0, 0.1) is 5.92 Å². The van der Waals surface area contributed by atoms with Crippen molar-refractivity contribution in [1.29, 1.82) is 0 Å². The number of hydrogen-bond donors (Lipinski definition) is 2. The summed E-state index contributed by atoms with van der Waals surface area (Å²) in [5, 5.41) is 8.19. The fourth-order valence-electron chi connectivity index (χ4n) is 5.10. The van der Waals surface area contributed by atoms with Crippen LogP contribution in [0.15, 0.2) is 29.6 Å². The molecule has 0 bridgehead atoms. The van der Waals surface area contributed by atoms with Gasteiger partial charge in [0.15, 0.2) is 0 Å². The molecule has 0 atom stereocenters. The number of thiazole rings is 1. The number of hydrogen-bond acceptors (Lipinski definition) is 7. The number of benzene rings is 1. The average molecular weight is 484 g/mol. The lowest BCUT2D eigenvalue weighted by Crippen LogP contribution is -2.53. The topological polar surface area (TPSA) is 104 Å². The molecule has 3 fully saturated rings. The fourth-order valence-corrected chi connectivity index (χ4v) is 5.91. The van der Waals surface area contributed by atoms with E-state index in [1.165, 1.54) is 0 Å². The van der Waals surface area contributed by atoms with E-state index >= 15 is 0 Å². The molecule has 2 saturated heterocycles. The number of piperazine rings is 1. The Morgan fingerprint density at radius 1 is 1.15 bits per heavy atom. The van der Waals surface area contributed by atoms with Gasteiger partial charge < -0.3 is 15.0 Å². The molecule has 0 unspecified atom stereocenters. The predicted molar refractivity (Wildman–Crippen MR) is 127 cm³/mol. The number of imide groups is 1. The maximum Gasteiger partial charge on any atom is 0.322 e. The van der Waals surface area contributed by atoms with E-state index in [0.29, 0.717) is 38.8 Å². The van der Waals surface area contributed by atoms with E-state index in [2.05, 4.69) is 20.9 Å². The summed E-state index contributed by atoms with van der Waals surface area (Å²) in [5.41, 5.74) is 1.31. The largest absolute Gasteiger partial charge is 0.497 e. The molecule has 0 radical (unpaired) electrons. The number of amides is 4. The van der Waals surface area contributed by atoms with Crippen molar-refractivity contribution in [3.63, 3.8) is 0 Å². The van der Waals surface area contributed by atoms with Crippen LogP contribution in [0.5, 0.6) is 5.75 Å². The summed E-state index contributed by atoms with van der Waals surface area (Å²) in [7, 11) is 1.66. The minimum Gasteiger partial charge on any atom is -0.497 e. The van der Waals surface area contributed by atoms with Crippen LogP contribution in [-0.2, 0) is 16.1 Å². The first kappa shape index (κ1) is 22.8. The number of rotatable bonds is 5. The summed E-state index contributed by atoms with van der Waals surface area (Å²) in [4.78, 5) is 45.8. The summed E-state index contributed by atoms with van der Waals surface area (Å²) in [5.74, 6) is 0.674. The normalized spacial score (nSPS) is 25.3. The number of aromatic nitrogens is 1. The van der Waals surface area contributed by atoms with Gasteiger partial charge in [0.05, 0.1) is 12.8 Å². The van der Waals surface area contributed by atoms with Gasteiger partial charge in [-0.05, 0) is 49.9 Å². The molecule has 1 aromatic carbocycles. The Morgan fingerprint density at radius 2 is 1.85 bits per heavy atom. The quantitative estimate of drug-likeness (QED) is 0.632. The molecule has 1 saturated carbocycles. The SMILES string of the molecule is COc1ccc(-c2nc(CN3CCN(C(=O)C4CCC5(CC4)NC(=O)NC5=O)CC3)cs2)cc1. The number of nitrogens with one attached hydrogen (secondary N) is 2. The number of carbonyl (C=O) groups is 3. The summed E-state index contributed by atoms with van der Waals surface area (Å²) in [6.45, 7) is 3.81. The highest BCUT2D eigenvalue weighted by atomic mass is 32.1. The first-order valence-corrected chi connectivity index (χ1v) is 12.6. The molecule has 180 valence electrons. The van der Waals surface area contributed by atoms with Gasteiger partial charge in [-0.2, -0.15) is 0 Å². The number of carbonyl (C=O) groups excluding carboxylic acids is 3. The van der Waals surface area contributed by atoms with Gasteiger partial charge in [0.2, 0.25) is 5.91 Å². The van der Waals surface area contributed by atoms with Crippen LogP contribution < -0.4 is 15.4 Å². The van der Waals surface area contributed by atoms with Crippen LogP contribution >= 0.6 is 11.3 Å². The fraction of sp³-hybridized carbons (Fsp3) is 0.500. The Hall–Kier alpha value is -2.98. The van der Waals surface area contributed by atoms with E-state index in [4.69, 9.17) is 9.72 Å². The second kappa shape index (κ2) is 9.34. The maximum atomic E-state index is 13.1. The molecule has 5 rings (SSSR count). The zero-order valence-corrected chi connectivity index (χ0v) is 20.0. The third-order valence-corrected chi connectivity index (χ3v) is 8.10. The monoisotopic (exact) mass is 483 g/mol.